The molecule has 0 aliphatic rings. The molecule has 0 amide bonds. The lowest BCUT2D eigenvalue weighted by atomic mass is 10.0. The average molecular weight is 458 g/mol. The number of benzene rings is 2. The summed E-state index contributed by atoms with van der Waals surface area (Å²) < 4.78 is 0. The van der Waals surface area contributed by atoms with Gasteiger partial charge >= 0.3 is 5.97 Å². The fourth-order valence-electron chi connectivity index (χ4n) is 3.68. The third-order valence-corrected chi connectivity index (χ3v) is 5.49. The Kier molecular flexibility index (Phi) is 5.95. The number of rotatable bonds is 5. The molecule has 164 valence electrons. The van der Waals surface area contributed by atoms with Crippen molar-refractivity contribution in [1.82, 2.24) is 15.0 Å². The zero-order chi connectivity index (χ0) is 23.7. The molecule has 0 spiro atoms. The average Bonchev–Trinajstić information content (AvgIpc) is 2.79. The van der Waals surface area contributed by atoms with Crippen LogP contribution in [0.15, 0.2) is 48.5 Å². The third kappa shape index (κ3) is 4.47. The fraction of sp³-hybridized carbons (Fsp3) is 0.160. The summed E-state index contributed by atoms with van der Waals surface area (Å²) in [4.78, 5) is 25.0. The number of carbonyl (C=O) groups is 1. The van der Waals surface area contributed by atoms with Crippen molar-refractivity contribution in [3.05, 3.63) is 81.8 Å². The van der Waals surface area contributed by atoms with Gasteiger partial charge < -0.3 is 10.4 Å². The van der Waals surface area contributed by atoms with Crippen LogP contribution in [0.2, 0.25) is 5.15 Å². The Morgan fingerprint density at radius 1 is 1.06 bits per heavy atom. The molecular weight excluding hydrogens is 438 g/mol. The smallest absolute Gasteiger partial charge is 0.356 e. The molecule has 2 heterocycles. The van der Waals surface area contributed by atoms with Gasteiger partial charge in [-0.25, -0.2) is 19.7 Å². The van der Waals surface area contributed by atoms with Gasteiger partial charge in [0.2, 0.25) is 0 Å². The summed E-state index contributed by atoms with van der Waals surface area (Å²) in [5.74, 6) is -1.18. The van der Waals surface area contributed by atoms with E-state index in [4.69, 9.17) is 16.6 Å². The maximum atomic E-state index is 11.6. The van der Waals surface area contributed by atoms with Crippen LogP contribution in [0.3, 0.4) is 0 Å². The van der Waals surface area contributed by atoms with Gasteiger partial charge in [0.1, 0.15) is 16.9 Å². The van der Waals surface area contributed by atoms with Crippen LogP contribution in [-0.4, -0.2) is 26.0 Å². The highest BCUT2D eigenvalue weighted by molar-refractivity contribution is 6.29. The highest BCUT2D eigenvalue weighted by Gasteiger charge is 2.20. The largest absolute Gasteiger partial charge is 0.476 e. The molecule has 1 atom stereocenters. The number of hydrogen-bond acceptors (Lipinski definition) is 6. The molecule has 33 heavy (non-hydrogen) atoms. The first kappa shape index (κ1) is 22.2. The first-order valence-electron chi connectivity index (χ1n) is 10.2. The number of aromatic carboxylic acids is 1. The molecule has 2 aromatic carbocycles. The minimum Gasteiger partial charge on any atom is -0.476 e. The van der Waals surface area contributed by atoms with E-state index in [1.807, 2.05) is 57.2 Å². The number of nitrogens with one attached hydrogen (secondary N) is 1. The summed E-state index contributed by atoms with van der Waals surface area (Å²) in [5, 5.41) is 22.5. The second-order valence-corrected chi connectivity index (χ2v) is 8.21. The highest BCUT2D eigenvalue weighted by Crippen LogP contribution is 2.31. The van der Waals surface area contributed by atoms with Gasteiger partial charge in [-0.1, -0.05) is 47.5 Å². The molecule has 0 saturated heterocycles. The van der Waals surface area contributed by atoms with Crippen molar-refractivity contribution in [2.75, 3.05) is 5.32 Å². The molecule has 2 N–H and O–H groups in total. The predicted octanol–water partition coefficient (Wildman–Crippen LogP) is 5.71. The minimum atomic E-state index is -1.18. The Balaban J connectivity index is 1.85. The van der Waals surface area contributed by atoms with E-state index in [9.17, 15) is 15.2 Å². The Bertz CT molecular complexity index is 1430. The monoisotopic (exact) mass is 457 g/mol. The van der Waals surface area contributed by atoms with Crippen molar-refractivity contribution in [3.63, 3.8) is 0 Å². The lowest BCUT2D eigenvalue weighted by Gasteiger charge is -2.19. The van der Waals surface area contributed by atoms with Gasteiger partial charge in [-0.3, -0.25) is 0 Å². The SMILES string of the molecule is Cc1ccc(-c2nc3c([C@@H](C)Nc4ccc(Cl)nc4C(=O)O)cc(C)cc3nc2C#N)cc1. The van der Waals surface area contributed by atoms with Crippen molar-refractivity contribution in [3.8, 4) is 17.3 Å². The quantitative estimate of drug-likeness (QED) is 0.369. The van der Waals surface area contributed by atoms with Gasteiger partial charge in [-0.2, -0.15) is 5.26 Å². The molecule has 8 heteroatoms. The maximum absolute atomic E-state index is 11.6. The fourth-order valence-corrected chi connectivity index (χ4v) is 3.83. The van der Waals surface area contributed by atoms with Crippen molar-refractivity contribution < 1.29 is 9.90 Å². The molecule has 0 aliphatic carbocycles. The van der Waals surface area contributed by atoms with Gasteiger partial charge in [0.25, 0.3) is 0 Å². The number of aryl methyl sites for hydroxylation is 2. The Morgan fingerprint density at radius 2 is 1.79 bits per heavy atom. The Morgan fingerprint density at radius 3 is 2.45 bits per heavy atom. The zero-order valence-corrected chi connectivity index (χ0v) is 19.0. The number of nitrogens with zero attached hydrogens (tertiary/aromatic N) is 4. The highest BCUT2D eigenvalue weighted by atomic mass is 35.5. The molecule has 0 saturated carbocycles. The summed E-state index contributed by atoms with van der Waals surface area (Å²) in [5.41, 5.74) is 5.83. The second-order valence-electron chi connectivity index (χ2n) is 7.82. The number of carboxylic acid groups (broad SMARTS) is 1. The summed E-state index contributed by atoms with van der Waals surface area (Å²) in [6.07, 6.45) is 0. The minimum absolute atomic E-state index is 0.101. The molecule has 4 rings (SSSR count). The number of carboxylic acids is 1. The van der Waals surface area contributed by atoms with Crippen LogP contribution in [0.5, 0.6) is 0 Å². The van der Waals surface area contributed by atoms with E-state index in [-0.39, 0.29) is 22.6 Å². The number of halogens is 1. The lowest BCUT2D eigenvalue weighted by molar-refractivity contribution is 0.0691. The van der Waals surface area contributed by atoms with E-state index < -0.39 is 5.97 Å². The molecule has 0 unspecified atom stereocenters. The standard InChI is InChI=1S/C25H20ClN5O2/c1-13-4-6-16(7-5-13)22-20(12-27)29-19-11-14(2)10-17(23(19)31-22)15(3)28-18-8-9-21(26)30-24(18)25(32)33/h4-11,15,28H,1-3H3,(H,32,33)/t15-/m1/s1. The summed E-state index contributed by atoms with van der Waals surface area (Å²) in [6.45, 7) is 5.83. The van der Waals surface area contributed by atoms with Crippen molar-refractivity contribution >= 4 is 34.3 Å². The molecule has 0 fully saturated rings. The van der Waals surface area contributed by atoms with E-state index in [1.54, 1.807) is 6.07 Å². The van der Waals surface area contributed by atoms with Crippen LogP contribution in [0, 0.1) is 25.2 Å². The van der Waals surface area contributed by atoms with Crippen molar-refractivity contribution in [2.45, 2.75) is 26.8 Å². The van der Waals surface area contributed by atoms with Crippen LogP contribution in [-0.2, 0) is 0 Å². The Hall–Kier alpha value is -4.02. The van der Waals surface area contributed by atoms with Crippen LogP contribution in [0.25, 0.3) is 22.3 Å². The van der Waals surface area contributed by atoms with E-state index >= 15 is 0 Å². The predicted molar refractivity (Wildman–Crippen MR) is 127 cm³/mol. The van der Waals surface area contributed by atoms with Crippen molar-refractivity contribution in [1.29, 1.82) is 5.26 Å². The second kappa shape index (κ2) is 8.85. The molecule has 0 aliphatic heterocycles. The Labute approximate surface area is 195 Å². The van der Waals surface area contributed by atoms with Crippen LogP contribution < -0.4 is 5.32 Å². The van der Waals surface area contributed by atoms with Crippen molar-refractivity contribution in [2.24, 2.45) is 0 Å². The maximum Gasteiger partial charge on any atom is 0.356 e. The molecule has 0 radical (unpaired) electrons. The third-order valence-electron chi connectivity index (χ3n) is 5.28. The topological polar surface area (TPSA) is 112 Å². The molecule has 4 aromatic rings. The number of pyridine rings is 1. The first-order valence-corrected chi connectivity index (χ1v) is 10.6. The number of anilines is 1. The van der Waals surface area contributed by atoms with E-state index in [1.165, 1.54) is 6.07 Å². The van der Waals surface area contributed by atoms with E-state index in [2.05, 4.69) is 21.4 Å². The van der Waals surface area contributed by atoms with Gasteiger partial charge in [-0.05, 0) is 44.5 Å². The number of hydrogen-bond donors (Lipinski definition) is 2. The van der Waals surface area contributed by atoms with Gasteiger partial charge in [0.15, 0.2) is 11.4 Å². The number of nitriles is 1. The van der Waals surface area contributed by atoms with Crippen LogP contribution in [0.1, 0.15) is 45.8 Å². The van der Waals surface area contributed by atoms with Gasteiger partial charge in [-0.15, -0.1) is 0 Å². The van der Waals surface area contributed by atoms with Gasteiger partial charge in [0.05, 0.1) is 22.8 Å². The van der Waals surface area contributed by atoms with Crippen LogP contribution >= 0.6 is 11.6 Å². The van der Waals surface area contributed by atoms with E-state index in [0.717, 1.165) is 22.3 Å². The summed E-state index contributed by atoms with van der Waals surface area (Å²) >= 11 is 5.88. The molecular formula is C25H20ClN5O2. The number of aromatic nitrogens is 3. The molecule has 7 nitrogen and oxygen atoms in total. The first-order chi connectivity index (χ1) is 15.8. The molecule has 0 bridgehead atoms. The van der Waals surface area contributed by atoms with Crippen LogP contribution in [0.4, 0.5) is 5.69 Å². The summed E-state index contributed by atoms with van der Waals surface area (Å²) in [6, 6.07) is 16.6. The lowest BCUT2D eigenvalue weighted by Crippen LogP contribution is -2.13. The summed E-state index contributed by atoms with van der Waals surface area (Å²) in [7, 11) is 0. The normalized spacial score (nSPS) is 11.7. The van der Waals surface area contributed by atoms with Gasteiger partial charge in [0, 0.05) is 11.1 Å². The number of fused-ring (bicyclic) bond motifs is 1. The molecule has 2 aromatic heterocycles. The zero-order valence-electron chi connectivity index (χ0n) is 18.2. The van der Waals surface area contributed by atoms with E-state index in [0.29, 0.717) is 22.4 Å².